The van der Waals surface area contributed by atoms with Crippen molar-refractivity contribution in [3.8, 4) is 22.5 Å². The van der Waals surface area contributed by atoms with Crippen LogP contribution in [0, 0.1) is 5.82 Å². The quantitative estimate of drug-likeness (QED) is 0.510. The molecule has 156 valence electrons. The minimum absolute atomic E-state index is 0.0944. The molecule has 0 radical (unpaired) electrons. The molecule has 6 nitrogen and oxygen atoms in total. The van der Waals surface area contributed by atoms with Crippen molar-refractivity contribution in [2.75, 3.05) is 31.1 Å². The molecule has 0 N–H and O–H groups in total. The predicted molar refractivity (Wildman–Crippen MR) is 118 cm³/mol. The summed E-state index contributed by atoms with van der Waals surface area (Å²) in [5.41, 5.74) is 3.94. The number of hydrogen-bond acceptors (Lipinski definition) is 4. The molecule has 0 aliphatic carbocycles. The topological polar surface area (TPSA) is 53.7 Å². The number of carbonyl (C=O) groups is 1. The average Bonchev–Trinajstić information content (AvgIpc) is 3.23. The lowest BCUT2D eigenvalue weighted by atomic mass is 10.1. The van der Waals surface area contributed by atoms with Gasteiger partial charge in [0.25, 0.3) is 0 Å². The second kappa shape index (κ2) is 7.83. The van der Waals surface area contributed by atoms with Crippen molar-refractivity contribution in [2.24, 2.45) is 0 Å². The maximum absolute atomic E-state index is 13.8. The van der Waals surface area contributed by atoms with Crippen molar-refractivity contribution in [2.45, 2.75) is 6.92 Å². The van der Waals surface area contributed by atoms with Crippen molar-refractivity contribution in [3.63, 3.8) is 0 Å². The molecule has 0 spiro atoms. The van der Waals surface area contributed by atoms with Crippen LogP contribution in [-0.4, -0.2) is 51.6 Å². The monoisotopic (exact) mass is 415 g/mol. The highest BCUT2D eigenvalue weighted by Crippen LogP contribution is 2.28. The smallest absolute Gasteiger partial charge is 0.219 e. The zero-order chi connectivity index (χ0) is 21.4. The normalized spacial score (nSPS) is 14.3. The molecule has 2 aromatic heterocycles. The Kier molecular flexibility index (Phi) is 4.86. The fraction of sp³-hybridized carbons (Fsp3) is 0.208. The van der Waals surface area contributed by atoms with E-state index in [1.807, 2.05) is 57.9 Å². The first-order valence-corrected chi connectivity index (χ1v) is 10.3. The standard InChI is InChI=1S/C24H22FN5O/c1-17(31)28-10-12-29(13-11-28)24-16-21(18-6-3-2-4-7-18)26-23-15-22(27-30(23)24)19-8-5-9-20(25)14-19/h2-9,14-16H,10-13H2,1H3. The van der Waals surface area contributed by atoms with E-state index in [0.29, 0.717) is 43.1 Å². The number of aromatic nitrogens is 3. The van der Waals surface area contributed by atoms with Gasteiger partial charge >= 0.3 is 0 Å². The number of anilines is 1. The lowest BCUT2D eigenvalue weighted by Crippen LogP contribution is -2.48. The summed E-state index contributed by atoms with van der Waals surface area (Å²) in [4.78, 5) is 20.6. The Morgan fingerprint density at radius 3 is 2.32 bits per heavy atom. The van der Waals surface area contributed by atoms with Crippen LogP contribution in [0.2, 0.25) is 0 Å². The first kappa shape index (κ1) is 19.2. The highest BCUT2D eigenvalue weighted by Gasteiger charge is 2.22. The molecule has 31 heavy (non-hydrogen) atoms. The van der Waals surface area contributed by atoms with Gasteiger partial charge in [0, 0.05) is 56.4 Å². The number of halogens is 1. The lowest BCUT2D eigenvalue weighted by molar-refractivity contribution is -0.129. The Morgan fingerprint density at radius 2 is 1.61 bits per heavy atom. The fourth-order valence-corrected chi connectivity index (χ4v) is 3.98. The molecule has 0 atom stereocenters. The molecule has 0 bridgehead atoms. The van der Waals surface area contributed by atoms with Gasteiger partial charge in [-0.3, -0.25) is 4.79 Å². The van der Waals surface area contributed by atoms with E-state index >= 15 is 0 Å². The maximum atomic E-state index is 13.8. The Morgan fingerprint density at radius 1 is 0.871 bits per heavy atom. The fourth-order valence-electron chi connectivity index (χ4n) is 3.98. The largest absolute Gasteiger partial charge is 0.353 e. The van der Waals surface area contributed by atoms with E-state index in [-0.39, 0.29) is 11.7 Å². The van der Waals surface area contributed by atoms with Crippen LogP contribution in [-0.2, 0) is 4.79 Å². The third-order valence-electron chi connectivity index (χ3n) is 5.65. The van der Waals surface area contributed by atoms with E-state index in [0.717, 1.165) is 17.1 Å². The van der Waals surface area contributed by atoms with E-state index in [2.05, 4.69) is 4.90 Å². The molecule has 1 amide bonds. The van der Waals surface area contributed by atoms with Crippen LogP contribution in [0.15, 0.2) is 66.7 Å². The van der Waals surface area contributed by atoms with Crippen LogP contribution in [0.25, 0.3) is 28.2 Å². The summed E-state index contributed by atoms with van der Waals surface area (Å²) in [6.45, 7) is 4.35. The first-order valence-electron chi connectivity index (χ1n) is 10.3. The molecular formula is C24H22FN5O. The van der Waals surface area contributed by atoms with Gasteiger partial charge in [0.15, 0.2) is 5.65 Å². The van der Waals surface area contributed by atoms with Gasteiger partial charge in [-0.25, -0.2) is 9.37 Å². The molecule has 0 unspecified atom stereocenters. The van der Waals surface area contributed by atoms with Crippen LogP contribution in [0.3, 0.4) is 0 Å². The number of carbonyl (C=O) groups excluding carboxylic acids is 1. The van der Waals surface area contributed by atoms with Gasteiger partial charge in [0.05, 0.1) is 11.4 Å². The maximum Gasteiger partial charge on any atom is 0.219 e. The van der Waals surface area contributed by atoms with Gasteiger partial charge < -0.3 is 9.80 Å². The Labute approximate surface area is 179 Å². The average molecular weight is 415 g/mol. The van der Waals surface area contributed by atoms with Gasteiger partial charge in [-0.2, -0.15) is 9.61 Å². The lowest BCUT2D eigenvalue weighted by Gasteiger charge is -2.35. The van der Waals surface area contributed by atoms with Gasteiger partial charge in [0.1, 0.15) is 11.6 Å². The van der Waals surface area contributed by atoms with E-state index in [9.17, 15) is 9.18 Å². The minimum Gasteiger partial charge on any atom is -0.353 e. The van der Waals surface area contributed by atoms with Crippen LogP contribution in [0.5, 0.6) is 0 Å². The van der Waals surface area contributed by atoms with Crippen LogP contribution in [0.4, 0.5) is 10.2 Å². The van der Waals surface area contributed by atoms with Crippen molar-refractivity contribution in [1.29, 1.82) is 0 Å². The van der Waals surface area contributed by atoms with Crippen LogP contribution < -0.4 is 4.90 Å². The summed E-state index contributed by atoms with van der Waals surface area (Å²) in [5.74, 6) is 0.708. The predicted octanol–water partition coefficient (Wildman–Crippen LogP) is 3.87. The number of benzene rings is 2. The number of fused-ring (bicyclic) bond motifs is 1. The minimum atomic E-state index is -0.298. The zero-order valence-corrected chi connectivity index (χ0v) is 17.2. The van der Waals surface area contributed by atoms with Crippen molar-refractivity contribution in [3.05, 3.63) is 72.5 Å². The Balaban J connectivity index is 1.62. The zero-order valence-electron chi connectivity index (χ0n) is 17.2. The summed E-state index contributed by atoms with van der Waals surface area (Å²) in [7, 11) is 0. The molecular weight excluding hydrogens is 393 g/mol. The third-order valence-corrected chi connectivity index (χ3v) is 5.65. The van der Waals surface area contributed by atoms with E-state index < -0.39 is 0 Å². The van der Waals surface area contributed by atoms with Crippen molar-refractivity contribution >= 4 is 17.4 Å². The first-order chi connectivity index (χ1) is 15.1. The molecule has 3 heterocycles. The molecule has 2 aromatic carbocycles. The van der Waals surface area contributed by atoms with E-state index in [1.165, 1.54) is 12.1 Å². The van der Waals surface area contributed by atoms with E-state index in [4.69, 9.17) is 10.1 Å². The Bertz CT molecular complexity index is 1250. The van der Waals surface area contributed by atoms with E-state index in [1.54, 1.807) is 13.0 Å². The number of rotatable bonds is 3. The van der Waals surface area contributed by atoms with Crippen LogP contribution in [0.1, 0.15) is 6.92 Å². The summed E-state index contributed by atoms with van der Waals surface area (Å²) < 4.78 is 15.6. The molecule has 1 aliphatic rings. The van der Waals surface area contributed by atoms with Crippen LogP contribution >= 0.6 is 0 Å². The summed E-state index contributed by atoms with van der Waals surface area (Å²) in [6.07, 6.45) is 0. The summed E-state index contributed by atoms with van der Waals surface area (Å²) >= 11 is 0. The molecule has 7 heteroatoms. The molecule has 1 saturated heterocycles. The van der Waals surface area contributed by atoms with Gasteiger partial charge in [-0.05, 0) is 12.1 Å². The number of hydrogen-bond donors (Lipinski definition) is 0. The molecule has 5 rings (SSSR count). The molecule has 1 fully saturated rings. The highest BCUT2D eigenvalue weighted by atomic mass is 19.1. The van der Waals surface area contributed by atoms with Crippen molar-refractivity contribution < 1.29 is 9.18 Å². The molecule has 4 aromatic rings. The summed E-state index contributed by atoms with van der Waals surface area (Å²) in [5, 5.41) is 4.75. The number of amides is 1. The van der Waals surface area contributed by atoms with Crippen molar-refractivity contribution in [1.82, 2.24) is 19.5 Å². The Hall–Kier alpha value is -3.74. The SMILES string of the molecule is CC(=O)N1CCN(c2cc(-c3ccccc3)nc3cc(-c4cccc(F)c4)nn23)CC1. The van der Waals surface area contributed by atoms with Gasteiger partial charge in [-0.15, -0.1) is 0 Å². The highest BCUT2D eigenvalue weighted by molar-refractivity contribution is 5.74. The number of piperazine rings is 1. The molecule has 1 aliphatic heterocycles. The second-order valence-electron chi connectivity index (χ2n) is 7.67. The molecule has 0 saturated carbocycles. The summed E-state index contributed by atoms with van der Waals surface area (Å²) in [6, 6.07) is 20.3. The second-order valence-corrected chi connectivity index (χ2v) is 7.67. The van der Waals surface area contributed by atoms with Gasteiger partial charge in [-0.1, -0.05) is 42.5 Å². The van der Waals surface area contributed by atoms with Gasteiger partial charge in [0.2, 0.25) is 5.91 Å². The number of nitrogens with zero attached hydrogens (tertiary/aromatic N) is 5. The third kappa shape index (κ3) is 3.74.